The number of likely N-dealkylation sites (tertiary alicyclic amines) is 1. The molecule has 0 aromatic heterocycles. The minimum atomic E-state index is 0.365. The third kappa shape index (κ3) is 1.38. The van der Waals surface area contributed by atoms with E-state index in [9.17, 15) is 5.11 Å². The van der Waals surface area contributed by atoms with Gasteiger partial charge in [0.05, 0.1) is 12.2 Å². The Labute approximate surface area is 89.3 Å². The summed E-state index contributed by atoms with van der Waals surface area (Å²) in [7, 11) is 0. The molecule has 0 bridgehead atoms. The van der Waals surface area contributed by atoms with Gasteiger partial charge in [-0.15, -0.1) is 0 Å². The number of phenols is 1. The summed E-state index contributed by atoms with van der Waals surface area (Å²) >= 11 is 0. The summed E-state index contributed by atoms with van der Waals surface area (Å²) in [5, 5.41) is 9.89. The number of aromatic hydroxyl groups is 1. The van der Waals surface area contributed by atoms with Crippen molar-refractivity contribution in [2.75, 3.05) is 19.7 Å². The first-order chi connectivity index (χ1) is 7.36. The van der Waals surface area contributed by atoms with Crippen molar-refractivity contribution in [3.8, 4) is 11.5 Å². The smallest absolute Gasteiger partial charge is 0.127 e. The summed E-state index contributed by atoms with van der Waals surface area (Å²) in [6, 6.07) is 5.90. The quantitative estimate of drug-likeness (QED) is 0.760. The third-order valence-corrected chi connectivity index (χ3v) is 3.36. The normalized spacial score (nSPS) is 25.2. The molecule has 1 N–H and O–H groups in total. The van der Waals surface area contributed by atoms with E-state index in [0.29, 0.717) is 11.8 Å². The van der Waals surface area contributed by atoms with E-state index >= 15 is 0 Å². The maximum absolute atomic E-state index is 9.89. The first-order valence-electron chi connectivity index (χ1n) is 5.55. The lowest BCUT2D eigenvalue weighted by Crippen LogP contribution is -2.42. The van der Waals surface area contributed by atoms with Crippen molar-refractivity contribution in [3.63, 3.8) is 0 Å². The minimum Gasteiger partial charge on any atom is -0.507 e. The predicted octanol–water partition coefficient (Wildman–Crippen LogP) is 1.92. The molecule has 3 heteroatoms. The van der Waals surface area contributed by atoms with Gasteiger partial charge in [-0.2, -0.15) is 0 Å². The number of rotatable bonds is 1. The summed E-state index contributed by atoms with van der Waals surface area (Å²) in [6.45, 7) is 3.06. The van der Waals surface area contributed by atoms with Crippen molar-refractivity contribution in [1.29, 1.82) is 0 Å². The van der Waals surface area contributed by atoms with Gasteiger partial charge in [-0.25, -0.2) is 0 Å². The van der Waals surface area contributed by atoms with Crippen molar-refractivity contribution in [3.05, 3.63) is 23.8 Å². The number of nitrogens with zero attached hydrogens (tertiary/aromatic N) is 1. The van der Waals surface area contributed by atoms with Gasteiger partial charge in [-0.1, -0.05) is 6.07 Å². The molecule has 1 unspecified atom stereocenters. The molecule has 3 nitrogen and oxygen atoms in total. The molecule has 3 rings (SSSR count). The molecule has 2 aliphatic rings. The number of benzene rings is 1. The van der Waals surface area contributed by atoms with Crippen molar-refractivity contribution < 1.29 is 9.84 Å². The van der Waals surface area contributed by atoms with Crippen LogP contribution in [0.3, 0.4) is 0 Å². The summed E-state index contributed by atoms with van der Waals surface area (Å²) in [5.41, 5.74) is 0.989. The van der Waals surface area contributed by atoms with Crippen molar-refractivity contribution in [2.24, 2.45) is 0 Å². The Balaban J connectivity index is 2.00. The summed E-state index contributed by atoms with van der Waals surface area (Å²) < 4.78 is 5.57. The lowest BCUT2D eigenvalue weighted by Gasteiger charge is -2.41. The molecule has 1 aromatic rings. The van der Waals surface area contributed by atoms with E-state index in [4.69, 9.17) is 4.74 Å². The van der Waals surface area contributed by atoms with E-state index in [2.05, 4.69) is 4.90 Å². The van der Waals surface area contributed by atoms with Crippen LogP contribution in [0.15, 0.2) is 18.2 Å². The van der Waals surface area contributed by atoms with Crippen LogP contribution in [0.25, 0.3) is 0 Å². The monoisotopic (exact) mass is 205 g/mol. The summed E-state index contributed by atoms with van der Waals surface area (Å²) in [4.78, 5) is 2.42. The van der Waals surface area contributed by atoms with Gasteiger partial charge in [-0.3, -0.25) is 4.90 Å². The third-order valence-electron chi connectivity index (χ3n) is 3.36. The Morgan fingerprint density at radius 2 is 2.20 bits per heavy atom. The van der Waals surface area contributed by atoms with Gasteiger partial charge < -0.3 is 9.84 Å². The fourth-order valence-corrected chi connectivity index (χ4v) is 2.44. The number of fused-ring (bicyclic) bond motifs is 1. The lowest BCUT2D eigenvalue weighted by atomic mass is 9.95. The Hall–Kier alpha value is -1.22. The maximum atomic E-state index is 9.89. The van der Waals surface area contributed by atoms with Gasteiger partial charge >= 0.3 is 0 Å². The average Bonchev–Trinajstić information content (AvgIpc) is 2.15. The number of hydrogen-bond donors (Lipinski definition) is 1. The molecule has 15 heavy (non-hydrogen) atoms. The number of phenolic OH excluding ortho intramolecular Hbond substituents is 1. The highest BCUT2D eigenvalue weighted by Crippen LogP contribution is 2.42. The lowest BCUT2D eigenvalue weighted by molar-refractivity contribution is 0.0822. The van der Waals surface area contributed by atoms with Gasteiger partial charge in [0.25, 0.3) is 0 Å². The molecule has 0 saturated carbocycles. The predicted molar refractivity (Wildman–Crippen MR) is 57.1 cm³/mol. The van der Waals surface area contributed by atoms with E-state index in [1.165, 1.54) is 6.42 Å². The summed E-state index contributed by atoms with van der Waals surface area (Å²) in [5.74, 6) is 1.24. The topological polar surface area (TPSA) is 32.7 Å². The molecule has 2 heterocycles. The highest BCUT2D eigenvalue weighted by Gasteiger charge is 2.32. The van der Waals surface area contributed by atoms with Crippen molar-refractivity contribution in [2.45, 2.75) is 18.9 Å². The highest BCUT2D eigenvalue weighted by atomic mass is 16.5. The number of ether oxygens (including phenoxy) is 1. The molecule has 1 atom stereocenters. The van der Waals surface area contributed by atoms with Crippen LogP contribution >= 0.6 is 0 Å². The number of hydrogen-bond acceptors (Lipinski definition) is 3. The van der Waals surface area contributed by atoms with Gasteiger partial charge in [0.2, 0.25) is 0 Å². The van der Waals surface area contributed by atoms with Crippen molar-refractivity contribution >= 4 is 0 Å². The van der Waals surface area contributed by atoms with Gasteiger partial charge in [0.15, 0.2) is 0 Å². The van der Waals surface area contributed by atoms with Gasteiger partial charge in [0.1, 0.15) is 11.5 Å². The van der Waals surface area contributed by atoms with E-state index in [-0.39, 0.29) is 0 Å². The molecular formula is C12H15NO2. The zero-order valence-corrected chi connectivity index (χ0v) is 8.65. The Morgan fingerprint density at radius 3 is 2.93 bits per heavy atom. The van der Waals surface area contributed by atoms with Crippen LogP contribution in [-0.4, -0.2) is 29.7 Å². The molecular weight excluding hydrogens is 190 g/mol. The fraction of sp³-hybridized carbons (Fsp3) is 0.500. The zero-order valence-electron chi connectivity index (χ0n) is 8.65. The molecule has 1 saturated heterocycles. The van der Waals surface area contributed by atoms with E-state index in [1.807, 2.05) is 12.1 Å². The molecule has 1 aromatic carbocycles. The van der Waals surface area contributed by atoms with Gasteiger partial charge in [0, 0.05) is 12.5 Å². The van der Waals surface area contributed by atoms with Crippen LogP contribution in [-0.2, 0) is 0 Å². The highest BCUT2D eigenvalue weighted by molar-refractivity contribution is 5.47. The zero-order chi connectivity index (χ0) is 10.3. The standard InChI is InChI=1S/C12H15NO2/c14-10-3-1-4-11-12(10)9(5-8-15-11)13-6-2-7-13/h1,3-4,9,14H,2,5-8H2. The SMILES string of the molecule is Oc1cccc2c1C(N1CCC1)CCO2. The second-order valence-corrected chi connectivity index (χ2v) is 4.23. The fourth-order valence-electron chi connectivity index (χ4n) is 2.44. The van der Waals surface area contributed by atoms with E-state index < -0.39 is 0 Å². The van der Waals surface area contributed by atoms with Crippen LogP contribution in [0.5, 0.6) is 11.5 Å². The van der Waals surface area contributed by atoms with Crippen LogP contribution in [0.1, 0.15) is 24.4 Å². The Kier molecular flexibility index (Phi) is 2.06. The van der Waals surface area contributed by atoms with Crippen molar-refractivity contribution in [1.82, 2.24) is 4.90 Å². The second-order valence-electron chi connectivity index (χ2n) is 4.23. The van der Waals surface area contributed by atoms with E-state index in [1.54, 1.807) is 6.07 Å². The first-order valence-corrected chi connectivity index (χ1v) is 5.55. The molecule has 1 fully saturated rings. The largest absolute Gasteiger partial charge is 0.507 e. The molecule has 2 aliphatic heterocycles. The maximum Gasteiger partial charge on any atom is 0.127 e. The van der Waals surface area contributed by atoms with Crippen LogP contribution in [0, 0.1) is 0 Å². The van der Waals surface area contributed by atoms with E-state index in [0.717, 1.165) is 37.4 Å². The summed E-state index contributed by atoms with van der Waals surface area (Å²) in [6.07, 6.45) is 2.27. The Bertz CT molecular complexity index is 374. The molecule has 80 valence electrons. The first kappa shape index (κ1) is 9.04. The van der Waals surface area contributed by atoms with Gasteiger partial charge in [-0.05, 0) is 31.6 Å². The minimum absolute atomic E-state index is 0.365. The van der Waals surface area contributed by atoms with Crippen LogP contribution in [0.4, 0.5) is 0 Å². The van der Waals surface area contributed by atoms with Crippen LogP contribution in [0.2, 0.25) is 0 Å². The molecule has 0 spiro atoms. The molecule has 0 radical (unpaired) electrons. The molecule has 0 aliphatic carbocycles. The molecule has 0 amide bonds. The second kappa shape index (κ2) is 3.42. The van der Waals surface area contributed by atoms with Crippen LogP contribution < -0.4 is 4.74 Å². The Morgan fingerprint density at radius 1 is 1.33 bits per heavy atom. The average molecular weight is 205 g/mol.